The van der Waals surface area contributed by atoms with Crippen molar-refractivity contribution in [3.63, 3.8) is 0 Å². The molecule has 0 aliphatic carbocycles. The highest BCUT2D eigenvalue weighted by atomic mass is 35.5. The molecule has 1 aliphatic rings. The van der Waals surface area contributed by atoms with Gasteiger partial charge in [-0.3, -0.25) is 4.99 Å². The van der Waals surface area contributed by atoms with E-state index in [1.165, 1.54) is 0 Å². The fraction of sp³-hybridized carbons (Fsp3) is 0.364. The SMILES string of the molecule is COc1cc(C2=NCC(C)N2)ccc1Cl. The summed E-state index contributed by atoms with van der Waals surface area (Å²) in [6.45, 7) is 2.92. The number of ether oxygens (including phenoxy) is 1. The minimum absolute atomic E-state index is 0.404. The molecule has 1 heterocycles. The fourth-order valence-corrected chi connectivity index (χ4v) is 1.73. The van der Waals surface area contributed by atoms with E-state index >= 15 is 0 Å². The maximum atomic E-state index is 5.95. The number of hydrogen-bond donors (Lipinski definition) is 1. The van der Waals surface area contributed by atoms with Gasteiger partial charge >= 0.3 is 0 Å². The van der Waals surface area contributed by atoms with E-state index in [1.54, 1.807) is 7.11 Å². The maximum absolute atomic E-state index is 5.95. The van der Waals surface area contributed by atoms with Crippen LogP contribution in [0, 0.1) is 0 Å². The summed E-state index contributed by atoms with van der Waals surface area (Å²) >= 11 is 5.95. The third-order valence-corrected chi connectivity index (χ3v) is 2.64. The molecule has 0 saturated carbocycles. The van der Waals surface area contributed by atoms with Crippen molar-refractivity contribution in [2.24, 2.45) is 4.99 Å². The van der Waals surface area contributed by atoms with Gasteiger partial charge in [0, 0.05) is 11.6 Å². The maximum Gasteiger partial charge on any atom is 0.138 e. The number of amidine groups is 1. The molecular formula is C11H13ClN2O. The topological polar surface area (TPSA) is 33.6 Å². The molecule has 0 aromatic heterocycles. The van der Waals surface area contributed by atoms with Crippen LogP contribution < -0.4 is 10.1 Å². The van der Waals surface area contributed by atoms with Gasteiger partial charge in [-0.25, -0.2) is 0 Å². The summed E-state index contributed by atoms with van der Waals surface area (Å²) in [5, 5.41) is 3.91. The lowest BCUT2D eigenvalue weighted by Gasteiger charge is -2.08. The normalized spacial score (nSPS) is 19.7. The summed E-state index contributed by atoms with van der Waals surface area (Å²) in [5.74, 6) is 1.59. The Hall–Kier alpha value is -1.22. The van der Waals surface area contributed by atoms with E-state index in [0.717, 1.165) is 17.9 Å². The molecule has 1 aliphatic heterocycles. The third-order valence-electron chi connectivity index (χ3n) is 2.33. The second-order valence-corrected chi connectivity index (χ2v) is 3.99. The van der Waals surface area contributed by atoms with Gasteiger partial charge in [0.15, 0.2) is 0 Å². The molecule has 1 aromatic carbocycles. The van der Waals surface area contributed by atoms with E-state index in [-0.39, 0.29) is 0 Å². The first-order chi connectivity index (χ1) is 7.20. The standard InChI is InChI=1S/C11H13ClN2O/c1-7-6-13-11(14-7)8-3-4-9(12)10(5-8)15-2/h3-5,7H,6H2,1-2H3,(H,13,14). The van der Waals surface area contributed by atoms with Gasteiger partial charge in [0.05, 0.1) is 18.7 Å². The largest absolute Gasteiger partial charge is 0.495 e. The van der Waals surface area contributed by atoms with Crippen LogP contribution in [0.2, 0.25) is 5.02 Å². The van der Waals surface area contributed by atoms with E-state index in [0.29, 0.717) is 16.8 Å². The Labute approximate surface area is 94.1 Å². The van der Waals surface area contributed by atoms with Gasteiger partial charge in [-0.05, 0) is 25.1 Å². The second kappa shape index (κ2) is 4.11. The summed E-state index contributed by atoms with van der Waals surface area (Å²) in [7, 11) is 1.61. The molecule has 3 nitrogen and oxygen atoms in total. The van der Waals surface area contributed by atoms with Crippen LogP contribution in [0.3, 0.4) is 0 Å². The van der Waals surface area contributed by atoms with Gasteiger partial charge in [0.25, 0.3) is 0 Å². The molecule has 0 fully saturated rings. The Morgan fingerprint density at radius 1 is 1.53 bits per heavy atom. The Bertz CT molecular complexity index is 404. The second-order valence-electron chi connectivity index (χ2n) is 3.58. The molecule has 0 amide bonds. The van der Waals surface area contributed by atoms with Crippen LogP contribution >= 0.6 is 11.6 Å². The number of halogens is 1. The van der Waals surface area contributed by atoms with E-state index in [4.69, 9.17) is 16.3 Å². The highest BCUT2D eigenvalue weighted by Gasteiger charge is 2.15. The lowest BCUT2D eigenvalue weighted by Crippen LogP contribution is -2.27. The van der Waals surface area contributed by atoms with Crippen LogP contribution in [0.1, 0.15) is 12.5 Å². The molecule has 80 valence electrons. The van der Waals surface area contributed by atoms with E-state index in [2.05, 4.69) is 17.2 Å². The first kappa shape index (κ1) is 10.3. The van der Waals surface area contributed by atoms with Crippen molar-refractivity contribution in [2.75, 3.05) is 13.7 Å². The predicted octanol–water partition coefficient (Wildman–Crippen LogP) is 2.09. The van der Waals surface area contributed by atoms with Crippen LogP contribution in [-0.2, 0) is 0 Å². The molecule has 0 bridgehead atoms. The summed E-state index contributed by atoms with van der Waals surface area (Å²) < 4.78 is 5.16. The molecule has 15 heavy (non-hydrogen) atoms. The smallest absolute Gasteiger partial charge is 0.138 e. The molecule has 2 rings (SSSR count). The molecule has 1 atom stereocenters. The van der Waals surface area contributed by atoms with Crippen LogP contribution in [0.4, 0.5) is 0 Å². The molecule has 0 spiro atoms. The number of rotatable bonds is 2. The summed E-state index contributed by atoms with van der Waals surface area (Å²) in [5.41, 5.74) is 1.01. The first-order valence-electron chi connectivity index (χ1n) is 4.85. The Kier molecular flexibility index (Phi) is 2.82. The van der Waals surface area contributed by atoms with Crippen molar-refractivity contribution in [2.45, 2.75) is 13.0 Å². The average Bonchev–Trinajstić information content (AvgIpc) is 2.66. The highest BCUT2D eigenvalue weighted by Crippen LogP contribution is 2.25. The van der Waals surface area contributed by atoms with Crippen molar-refractivity contribution >= 4 is 17.4 Å². The van der Waals surface area contributed by atoms with Crippen LogP contribution in [-0.4, -0.2) is 25.5 Å². The quantitative estimate of drug-likeness (QED) is 0.835. The lowest BCUT2D eigenvalue weighted by atomic mass is 10.2. The predicted molar refractivity (Wildman–Crippen MR) is 62.0 cm³/mol. The van der Waals surface area contributed by atoms with Crippen molar-refractivity contribution in [3.05, 3.63) is 28.8 Å². The van der Waals surface area contributed by atoms with E-state index in [9.17, 15) is 0 Å². The highest BCUT2D eigenvalue weighted by molar-refractivity contribution is 6.32. The summed E-state index contributed by atoms with van der Waals surface area (Å²) in [6, 6.07) is 6.06. The molecule has 0 radical (unpaired) electrons. The number of aliphatic imine (C=N–C) groups is 1. The molecule has 4 heteroatoms. The Morgan fingerprint density at radius 2 is 2.33 bits per heavy atom. The minimum Gasteiger partial charge on any atom is -0.495 e. The third kappa shape index (κ3) is 2.07. The van der Waals surface area contributed by atoms with Crippen molar-refractivity contribution in [3.8, 4) is 5.75 Å². The van der Waals surface area contributed by atoms with Gasteiger partial charge in [-0.15, -0.1) is 0 Å². The number of methoxy groups -OCH3 is 1. The van der Waals surface area contributed by atoms with Gasteiger partial charge in [-0.1, -0.05) is 11.6 Å². The zero-order chi connectivity index (χ0) is 10.8. The summed E-state index contributed by atoms with van der Waals surface area (Å²) in [4.78, 5) is 4.40. The number of hydrogen-bond acceptors (Lipinski definition) is 3. The zero-order valence-electron chi connectivity index (χ0n) is 8.75. The lowest BCUT2D eigenvalue weighted by molar-refractivity contribution is 0.415. The monoisotopic (exact) mass is 224 g/mol. The molecular weight excluding hydrogens is 212 g/mol. The Balaban J connectivity index is 2.30. The minimum atomic E-state index is 0.404. The van der Waals surface area contributed by atoms with Crippen molar-refractivity contribution in [1.82, 2.24) is 5.32 Å². The molecule has 1 aromatic rings. The van der Waals surface area contributed by atoms with Gasteiger partial charge in [0.1, 0.15) is 11.6 Å². The zero-order valence-corrected chi connectivity index (χ0v) is 9.51. The Morgan fingerprint density at radius 3 is 2.93 bits per heavy atom. The van der Waals surface area contributed by atoms with Crippen LogP contribution in [0.25, 0.3) is 0 Å². The fourth-order valence-electron chi connectivity index (χ4n) is 1.53. The number of benzene rings is 1. The van der Waals surface area contributed by atoms with E-state index in [1.807, 2.05) is 18.2 Å². The van der Waals surface area contributed by atoms with E-state index < -0.39 is 0 Å². The van der Waals surface area contributed by atoms with Crippen LogP contribution in [0.15, 0.2) is 23.2 Å². The average molecular weight is 225 g/mol. The van der Waals surface area contributed by atoms with Gasteiger partial charge in [-0.2, -0.15) is 0 Å². The van der Waals surface area contributed by atoms with Crippen molar-refractivity contribution in [1.29, 1.82) is 0 Å². The van der Waals surface area contributed by atoms with Gasteiger partial charge in [0.2, 0.25) is 0 Å². The van der Waals surface area contributed by atoms with Crippen LogP contribution in [0.5, 0.6) is 5.75 Å². The first-order valence-corrected chi connectivity index (χ1v) is 5.23. The van der Waals surface area contributed by atoms with Gasteiger partial charge < -0.3 is 10.1 Å². The van der Waals surface area contributed by atoms with Crippen molar-refractivity contribution < 1.29 is 4.74 Å². The summed E-state index contributed by atoms with van der Waals surface area (Å²) in [6.07, 6.45) is 0. The molecule has 0 saturated heterocycles. The molecule has 1 N–H and O–H groups in total. The number of nitrogens with one attached hydrogen (secondary N) is 1. The number of nitrogens with zero attached hydrogens (tertiary/aromatic N) is 1. The molecule has 1 unspecified atom stereocenters.